The highest BCUT2D eigenvalue weighted by Gasteiger charge is 2.19. The zero-order valence-electron chi connectivity index (χ0n) is 13.2. The number of aromatic hydroxyl groups is 1. The third kappa shape index (κ3) is 3.23. The minimum absolute atomic E-state index is 0.234. The quantitative estimate of drug-likeness (QED) is 0.658. The summed E-state index contributed by atoms with van der Waals surface area (Å²) in [5, 5.41) is 21.5. The highest BCUT2D eigenvalue weighted by Crippen LogP contribution is 2.30. The highest BCUT2D eigenvalue weighted by molar-refractivity contribution is 6.02. The Morgan fingerprint density at radius 3 is 2.68 bits per heavy atom. The van der Waals surface area contributed by atoms with Crippen molar-refractivity contribution in [2.45, 2.75) is 6.92 Å². The molecule has 0 bridgehead atoms. The van der Waals surface area contributed by atoms with Crippen molar-refractivity contribution in [2.24, 2.45) is 0 Å². The molecule has 0 fully saturated rings. The monoisotopic (exact) mass is 338 g/mol. The van der Waals surface area contributed by atoms with E-state index in [0.29, 0.717) is 22.3 Å². The third-order valence-corrected chi connectivity index (χ3v) is 3.57. The zero-order chi connectivity index (χ0) is 18.0. The van der Waals surface area contributed by atoms with Crippen LogP contribution in [0.3, 0.4) is 0 Å². The highest BCUT2D eigenvalue weighted by atomic mass is 16.4. The summed E-state index contributed by atoms with van der Waals surface area (Å²) in [6.07, 6.45) is 3.33. The van der Waals surface area contributed by atoms with Gasteiger partial charge in [-0.1, -0.05) is 0 Å². The van der Waals surface area contributed by atoms with Gasteiger partial charge in [0.15, 0.2) is 11.4 Å². The number of amides is 1. The number of hydrogen-bond acceptors (Lipinski definition) is 6. The topological polar surface area (TPSA) is 125 Å². The smallest absolute Gasteiger partial charge is 0.322 e. The number of carbonyl (C=O) groups is 2. The zero-order valence-corrected chi connectivity index (χ0v) is 13.2. The van der Waals surface area contributed by atoms with Crippen molar-refractivity contribution in [1.82, 2.24) is 20.3 Å². The van der Waals surface area contributed by atoms with Crippen molar-refractivity contribution >= 4 is 22.8 Å². The summed E-state index contributed by atoms with van der Waals surface area (Å²) in [4.78, 5) is 35.2. The Bertz CT molecular complexity index is 973. The Kier molecular flexibility index (Phi) is 4.25. The van der Waals surface area contributed by atoms with E-state index in [-0.39, 0.29) is 11.4 Å². The second-order valence-electron chi connectivity index (χ2n) is 5.31. The minimum Gasteiger partial charge on any atom is -0.505 e. The lowest BCUT2D eigenvalue weighted by Gasteiger charge is -2.10. The fourth-order valence-corrected chi connectivity index (χ4v) is 2.40. The Labute approximate surface area is 142 Å². The van der Waals surface area contributed by atoms with Gasteiger partial charge in [-0.15, -0.1) is 0 Å². The lowest BCUT2D eigenvalue weighted by molar-refractivity contribution is -0.135. The molecule has 126 valence electrons. The van der Waals surface area contributed by atoms with E-state index in [9.17, 15) is 14.7 Å². The molecule has 0 radical (unpaired) electrons. The molecule has 1 amide bonds. The van der Waals surface area contributed by atoms with Crippen LogP contribution in [0.15, 0.2) is 36.7 Å². The van der Waals surface area contributed by atoms with Crippen LogP contribution in [0.2, 0.25) is 0 Å². The lowest BCUT2D eigenvalue weighted by Crippen LogP contribution is -2.30. The number of carboxylic acid groups (broad SMARTS) is 1. The number of carbonyl (C=O) groups excluding carboxylic acids is 1. The number of aliphatic carboxylic acids is 1. The lowest BCUT2D eigenvalue weighted by atomic mass is 10.1. The van der Waals surface area contributed by atoms with Gasteiger partial charge < -0.3 is 15.5 Å². The van der Waals surface area contributed by atoms with Crippen molar-refractivity contribution in [1.29, 1.82) is 0 Å². The van der Waals surface area contributed by atoms with E-state index in [1.54, 1.807) is 37.5 Å². The summed E-state index contributed by atoms with van der Waals surface area (Å²) in [5.41, 5.74) is 2.13. The molecular formula is C17H14N4O4. The van der Waals surface area contributed by atoms with Crippen molar-refractivity contribution in [3.63, 3.8) is 0 Å². The molecule has 0 aromatic carbocycles. The number of carboxylic acids is 1. The van der Waals surface area contributed by atoms with Gasteiger partial charge in [-0.2, -0.15) is 0 Å². The molecule has 0 saturated heterocycles. The molecule has 3 rings (SSSR count). The molecule has 0 spiro atoms. The molecule has 25 heavy (non-hydrogen) atoms. The van der Waals surface area contributed by atoms with Gasteiger partial charge in [-0.3, -0.25) is 14.6 Å². The number of hydrogen-bond donors (Lipinski definition) is 3. The number of fused-ring (bicyclic) bond motifs is 1. The molecule has 3 aromatic rings. The fraction of sp³-hybridized carbons (Fsp3) is 0.118. The average molecular weight is 338 g/mol. The molecule has 0 aliphatic heterocycles. The average Bonchev–Trinajstić information content (AvgIpc) is 2.63. The SMILES string of the molecule is Cc1nc(C(=O)NCC(=O)O)c(O)c2ccc(-c3cccnc3)nc12. The molecule has 8 heteroatoms. The van der Waals surface area contributed by atoms with Crippen LogP contribution < -0.4 is 5.32 Å². The van der Waals surface area contributed by atoms with Gasteiger partial charge in [-0.05, 0) is 31.2 Å². The molecule has 0 aliphatic rings. The molecule has 3 N–H and O–H groups in total. The van der Waals surface area contributed by atoms with Gasteiger partial charge >= 0.3 is 5.97 Å². The molecule has 8 nitrogen and oxygen atoms in total. The van der Waals surface area contributed by atoms with Crippen molar-refractivity contribution < 1.29 is 19.8 Å². The van der Waals surface area contributed by atoms with Crippen molar-refractivity contribution in [3.05, 3.63) is 48.0 Å². The second-order valence-corrected chi connectivity index (χ2v) is 5.31. The number of pyridine rings is 3. The maximum absolute atomic E-state index is 12.0. The van der Waals surface area contributed by atoms with Crippen LogP contribution in [0, 0.1) is 6.92 Å². The van der Waals surface area contributed by atoms with Gasteiger partial charge in [0.05, 0.1) is 16.9 Å². The molecular weight excluding hydrogens is 324 g/mol. The van der Waals surface area contributed by atoms with Gasteiger partial charge in [0.25, 0.3) is 5.91 Å². The van der Waals surface area contributed by atoms with Crippen molar-refractivity contribution in [3.8, 4) is 17.0 Å². The Hall–Kier alpha value is -3.55. The van der Waals surface area contributed by atoms with E-state index in [1.165, 1.54) is 0 Å². The first-order valence-corrected chi connectivity index (χ1v) is 7.38. The number of nitrogens with zero attached hydrogens (tertiary/aromatic N) is 3. The summed E-state index contributed by atoms with van der Waals surface area (Å²) in [6.45, 7) is 1.10. The first kappa shape index (κ1) is 16.3. The summed E-state index contributed by atoms with van der Waals surface area (Å²) < 4.78 is 0. The molecule has 0 atom stereocenters. The van der Waals surface area contributed by atoms with E-state index in [4.69, 9.17) is 5.11 Å². The second kappa shape index (κ2) is 6.52. The van der Waals surface area contributed by atoms with Crippen LogP contribution in [0.5, 0.6) is 5.75 Å². The molecule has 0 aliphatic carbocycles. The van der Waals surface area contributed by atoms with E-state index in [2.05, 4.69) is 20.3 Å². The molecule has 3 heterocycles. The van der Waals surface area contributed by atoms with Gasteiger partial charge in [0, 0.05) is 23.3 Å². The number of rotatable bonds is 4. The predicted octanol–water partition coefficient (Wildman–Crippen LogP) is 1.52. The molecule has 0 unspecified atom stereocenters. The van der Waals surface area contributed by atoms with Crippen LogP contribution in [-0.2, 0) is 4.79 Å². The van der Waals surface area contributed by atoms with Gasteiger partial charge in [-0.25, -0.2) is 9.97 Å². The Morgan fingerprint density at radius 2 is 2.00 bits per heavy atom. The van der Waals surface area contributed by atoms with Crippen LogP contribution in [0.1, 0.15) is 16.2 Å². The van der Waals surface area contributed by atoms with Crippen LogP contribution in [-0.4, -0.2) is 43.6 Å². The van der Waals surface area contributed by atoms with E-state index < -0.39 is 18.4 Å². The predicted molar refractivity (Wildman–Crippen MR) is 89.1 cm³/mol. The van der Waals surface area contributed by atoms with Gasteiger partial charge in [0.1, 0.15) is 6.54 Å². The standard InChI is InChI=1S/C17H14N4O4/c1-9-14-11(4-5-12(21-14)10-3-2-6-18-7-10)16(24)15(20-9)17(25)19-8-13(22)23/h2-7,24H,8H2,1H3,(H,19,25)(H,22,23). The van der Waals surface area contributed by atoms with E-state index in [0.717, 1.165) is 5.56 Å². The minimum atomic E-state index is -1.19. The van der Waals surface area contributed by atoms with Crippen molar-refractivity contribution in [2.75, 3.05) is 6.54 Å². The van der Waals surface area contributed by atoms with E-state index in [1.807, 2.05) is 6.07 Å². The summed E-state index contributed by atoms with van der Waals surface area (Å²) >= 11 is 0. The van der Waals surface area contributed by atoms with Crippen LogP contribution in [0.4, 0.5) is 0 Å². The van der Waals surface area contributed by atoms with Crippen LogP contribution >= 0.6 is 0 Å². The van der Waals surface area contributed by atoms with Gasteiger partial charge in [0.2, 0.25) is 0 Å². The summed E-state index contributed by atoms with van der Waals surface area (Å²) in [6, 6.07) is 7.00. The maximum atomic E-state index is 12.0. The normalized spacial score (nSPS) is 10.6. The van der Waals surface area contributed by atoms with Crippen LogP contribution in [0.25, 0.3) is 22.2 Å². The molecule has 3 aromatic heterocycles. The first-order valence-electron chi connectivity index (χ1n) is 7.38. The Morgan fingerprint density at radius 1 is 1.20 bits per heavy atom. The third-order valence-electron chi connectivity index (χ3n) is 3.57. The first-order chi connectivity index (χ1) is 12.0. The number of aryl methyl sites for hydroxylation is 1. The number of aromatic nitrogens is 3. The fourth-order valence-electron chi connectivity index (χ4n) is 2.40. The molecule has 0 saturated carbocycles. The largest absolute Gasteiger partial charge is 0.505 e. The Balaban J connectivity index is 2.06. The maximum Gasteiger partial charge on any atom is 0.322 e. The summed E-state index contributed by atoms with van der Waals surface area (Å²) in [7, 11) is 0. The summed E-state index contributed by atoms with van der Waals surface area (Å²) in [5.74, 6) is -2.29. The van der Waals surface area contributed by atoms with E-state index >= 15 is 0 Å². The number of nitrogens with one attached hydrogen (secondary N) is 1.